The van der Waals surface area contributed by atoms with E-state index in [-0.39, 0.29) is 18.1 Å². The summed E-state index contributed by atoms with van der Waals surface area (Å²) < 4.78 is 18.8. The molecule has 1 amide bonds. The Morgan fingerprint density at radius 1 is 1.40 bits per heavy atom. The van der Waals surface area contributed by atoms with Gasteiger partial charge in [-0.2, -0.15) is 10.1 Å². The lowest BCUT2D eigenvalue weighted by Gasteiger charge is -2.15. The Balaban J connectivity index is 1.57. The quantitative estimate of drug-likeness (QED) is 0.743. The van der Waals surface area contributed by atoms with Crippen LogP contribution in [0.5, 0.6) is 0 Å². The number of halogens is 1. The van der Waals surface area contributed by atoms with Gasteiger partial charge < -0.3 is 9.42 Å². The van der Waals surface area contributed by atoms with Crippen LogP contribution < -0.4 is 0 Å². The maximum atomic E-state index is 13.6. The molecule has 0 aliphatic rings. The van der Waals surface area contributed by atoms with E-state index in [1.807, 2.05) is 0 Å². The van der Waals surface area contributed by atoms with Crippen molar-refractivity contribution >= 4 is 5.91 Å². The van der Waals surface area contributed by atoms with Gasteiger partial charge in [-0.25, -0.2) is 4.39 Å². The second-order valence-electron chi connectivity index (χ2n) is 5.83. The summed E-state index contributed by atoms with van der Waals surface area (Å²) in [6, 6.07) is 4.76. The first-order chi connectivity index (χ1) is 12.0. The summed E-state index contributed by atoms with van der Waals surface area (Å²) in [6.45, 7) is 2.17. The van der Waals surface area contributed by atoms with Crippen LogP contribution in [0.2, 0.25) is 0 Å². The molecular formula is C17H18FN5O2. The van der Waals surface area contributed by atoms with Crippen LogP contribution in [0.25, 0.3) is 11.4 Å². The molecule has 1 N–H and O–H groups in total. The number of nitrogens with zero attached hydrogens (tertiary/aromatic N) is 4. The van der Waals surface area contributed by atoms with Crippen LogP contribution in [0, 0.1) is 12.7 Å². The monoisotopic (exact) mass is 343 g/mol. The van der Waals surface area contributed by atoms with E-state index in [1.165, 1.54) is 6.07 Å². The second kappa shape index (κ2) is 7.25. The Kier molecular flexibility index (Phi) is 4.87. The van der Waals surface area contributed by atoms with E-state index in [2.05, 4.69) is 20.3 Å². The molecule has 0 spiro atoms. The smallest absolute Gasteiger partial charge is 0.227 e. The van der Waals surface area contributed by atoms with Crippen LogP contribution in [0.15, 0.2) is 35.1 Å². The highest BCUT2D eigenvalue weighted by molar-refractivity contribution is 5.76. The molecule has 7 nitrogen and oxygen atoms in total. The zero-order chi connectivity index (χ0) is 17.8. The van der Waals surface area contributed by atoms with Crippen molar-refractivity contribution in [1.29, 1.82) is 0 Å². The molecule has 8 heteroatoms. The van der Waals surface area contributed by atoms with Crippen molar-refractivity contribution in [3.8, 4) is 11.4 Å². The number of aromatic amines is 1. The molecule has 0 bridgehead atoms. The molecule has 1 aromatic carbocycles. The molecule has 2 heterocycles. The minimum atomic E-state index is -0.320. The molecule has 0 atom stereocenters. The first-order valence-corrected chi connectivity index (χ1v) is 7.83. The van der Waals surface area contributed by atoms with Crippen molar-refractivity contribution in [2.45, 2.75) is 26.3 Å². The van der Waals surface area contributed by atoms with Crippen molar-refractivity contribution in [1.82, 2.24) is 25.2 Å². The number of carbonyl (C=O) groups is 1. The van der Waals surface area contributed by atoms with E-state index in [4.69, 9.17) is 4.52 Å². The Labute approximate surface area is 143 Å². The van der Waals surface area contributed by atoms with Gasteiger partial charge in [-0.05, 0) is 18.6 Å². The fourth-order valence-electron chi connectivity index (χ4n) is 2.34. The summed E-state index contributed by atoms with van der Waals surface area (Å²) in [5.41, 5.74) is 2.03. The largest absolute Gasteiger partial charge is 0.341 e. The Morgan fingerprint density at radius 3 is 2.96 bits per heavy atom. The van der Waals surface area contributed by atoms with Crippen molar-refractivity contribution in [3.05, 3.63) is 53.4 Å². The summed E-state index contributed by atoms with van der Waals surface area (Å²) in [6.07, 6.45) is 4.00. The van der Waals surface area contributed by atoms with Gasteiger partial charge in [-0.1, -0.05) is 17.3 Å². The van der Waals surface area contributed by atoms with Crippen LogP contribution in [-0.4, -0.2) is 38.2 Å². The molecule has 25 heavy (non-hydrogen) atoms. The van der Waals surface area contributed by atoms with Crippen LogP contribution in [0.1, 0.15) is 23.4 Å². The van der Waals surface area contributed by atoms with Crippen molar-refractivity contribution in [2.24, 2.45) is 0 Å². The highest BCUT2D eigenvalue weighted by atomic mass is 19.1. The molecule has 0 saturated carbocycles. The standard InChI is InChI=1S/C17H18FN5O2/c1-11-3-4-13(7-14(11)18)17-21-15(25-22-17)5-6-16(24)23(2)10-12-8-19-20-9-12/h3-4,7-9H,5-6,10H2,1-2H3,(H,19,20). The summed E-state index contributed by atoms with van der Waals surface area (Å²) in [5.74, 6) is 0.302. The third-order valence-electron chi connectivity index (χ3n) is 3.85. The zero-order valence-electron chi connectivity index (χ0n) is 14.0. The molecule has 0 fully saturated rings. The SMILES string of the molecule is Cc1ccc(-c2noc(CCC(=O)N(C)Cc3cn[nH]c3)n2)cc1F. The van der Waals surface area contributed by atoms with Crippen LogP contribution >= 0.6 is 0 Å². The van der Waals surface area contributed by atoms with Gasteiger partial charge in [-0.3, -0.25) is 9.89 Å². The highest BCUT2D eigenvalue weighted by Gasteiger charge is 2.14. The Bertz CT molecular complexity index is 860. The van der Waals surface area contributed by atoms with Crippen molar-refractivity contribution in [3.63, 3.8) is 0 Å². The average molecular weight is 343 g/mol. The van der Waals surface area contributed by atoms with Crippen LogP contribution in [0.3, 0.4) is 0 Å². The summed E-state index contributed by atoms with van der Waals surface area (Å²) in [4.78, 5) is 18.0. The van der Waals surface area contributed by atoms with Crippen LogP contribution in [0.4, 0.5) is 4.39 Å². The Hall–Kier alpha value is -3.03. The first-order valence-electron chi connectivity index (χ1n) is 7.83. The minimum Gasteiger partial charge on any atom is -0.341 e. The molecule has 0 saturated heterocycles. The van der Waals surface area contributed by atoms with Gasteiger partial charge in [0.25, 0.3) is 0 Å². The fraction of sp³-hybridized carbons (Fsp3) is 0.294. The van der Waals surface area contributed by atoms with Crippen molar-refractivity contribution < 1.29 is 13.7 Å². The lowest BCUT2D eigenvalue weighted by atomic mass is 10.1. The summed E-state index contributed by atoms with van der Waals surface area (Å²) in [5, 5.41) is 10.4. The van der Waals surface area contributed by atoms with Gasteiger partial charge in [-0.15, -0.1) is 0 Å². The van der Waals surface area contributed by atoms with E-state index in [0.717, 1.165) is 5.56 Å². The van der Waals surface area contributed by atoms with Gasteiger partial charge in [0.2, 0.25) is 17.6 Å². The molecule has 0 unspecified atom stereocenters. The fourth-order valence-corrected chi connectivity index (χ4v) is 2.34. The number of nitrogens with one attached hydrogen (secondary N) is 1. The van der Waals surface area contributed by atoms with Crippen molar-refractivity contribution in [2.75, 3.05) is 7.05 Å². The van der Waals surface area contributed by atoms with E-state index >= 15 is 0 Å². The van der Waals surface area contributed by atoms with E-state index in [1.54, 1.807) is 43.4 Å². The van der Waals surface area contributed by atoms with E-state index in [9.17, 15) is 9.18 Å². The number of carbonyl (C=O) groups excluding carboxylic acids is 1. The number of rotatable bonds is 6. The maximum Gasteiger partial charge on any atom is 0.227 e. The molecule has 0 radical (unpaired) electrons. The van der Waals surface area contributed by atoms with Gasteiger partial charge in [0.05, 0.1) is 6.20 Å². The molecule has 2 aromatic heterocycles. The topological polar surface area (TPSA) is 87.9 Å². The number of hydrogen-bond acceptors (Lipinski definition) is 5. The van der Waals surface area contributed by atoms with Gasteiger partial charge in [0.15, 0.2) is 0 Å². The predicted octanol–water partition coefficient (Wildman–Crippen LogP) is 2.50. The van der Waals surface area contributed by atoms with E-state index < -0.39 is 0 Å². The van der Waals surface area contributed by atoms with Gasteiger partial charge in [0, 0.05) is 43.8 Å². The second-order valence-corrected chi connectivity index (χ2v) is 5.83. The third kappa shape index (κ3) is 4.09. The Morgan fingerprint density at radius 2 is 2.24 bits per heavy atom. The normalized spacial score (nSPS) is 10.8. The molecule has 0 aliphatic heterocycles. The summed E-state index contributed by atoms with van der Waals surface area (Å²) in [7, 11) is 1.73. The number of benzene rings is 1. The first kappa shape index (κ1) is 16.8. The molecule has 3 aromatic rings. The third-order valence-corrected chi connectivity index (χ3v) is 3.85. The zero-order valence-corrected chi connectivity index (χ0v) is 14.0. The van der Waals surface area contributed by atoms with Gasteiger partial charge >= 0.3 is 0 Å². The molecule has 0 aliphatic carbocycles. The lowest BCUT2D eigenvalue weighted by molar-refractivity contribution is -0.130. The maximum absolute atomic E-state index is 13.6. The highest BCUT2D eigenvalue weighted by Crippen LogP contribution is 2.19. The number of amides is 1. The minimum absolute atomic E-state index is 0.0395. The molecule has 3 rings (SSSR count). The molecule has 130 valence electrons. The number of aromatic nitrogens is 4. The predicted molar refractivity (Wildman–Crippen MR) is 87.8 cm³/mol. The molecular weight excluding hydrogens is 325 g/mol. The van der Waals surface area contributed by atoms with E-state index in [0.29, 0.717) is 35.8 Å². The van der Waals surface area contributed by atoms with Crippen LogP contribution in [-0.2, 0) is 17.8 Å². The average Bonchev–Trinajstić information content (AvgIpc) is 3.27. The summed E-state index contributed by atoms with van der Waals surface area (Å²) >= 11 is 0. The van der Waals surface area contributed by atoms with Gasteiger partial charge in [0.1, 0.15) is 5.82 Å². The number of H-pyrrole nitrogens is 1. The number of aryl methyl sites for hydroxylation is 2. The lowest BCUT2D eigenvalue weighted by Crippen LogP contribution is -2.26. The number of hydrogen-bond donors (Lipinski definition) is 1.